The van der Waals surface area contributed by atoms with E-state index in [1.165, 1.54) is 6.08 Å². The van der Waals surface area contributed by atoms with Gasteiger partial charge in [-0.1, -0.05) is 43.7 Å². The summed E-state index contributed by atoms with van der Waals surface area (Å²) in [5.74, 6) is -0.891. The molecule has 0 radical (unpaired) electrons. The average Bonchev–Trinajstić information content (AvgIpc) is 2.37. The SMILES string of the molecule is CCCCOC(=O)C(=Cc1ccccc1)[N+](=O)[O-]. The van der Waals surface area contributed by atoms with Crippen LogP contribution in [0.1, 0.15) is 25.3 Å². The van der Waals surface area contributed by atoms with E-state index in [0.29, 0.717) is 12.0 Å². The Labute approximate surface area is 105 Å². The van der Waals surface area contributed by atoms with Gasteiger partial charge in [0.15, 0.2) is 0 Å². The first-order valence-corrected chi connectivity index (χ1v) is 5.73. The molecule has 5 heteroatoms. The Bertz CT molecular complexity index is 440. The highest BCUT2D eigenvalue weighted by molar-refractivity contribution is 5.90. The predicted octanol–water partition coefficient (Wildman–Crippen LogP) is 2.65. The number of carbonyl (C=O) groups is 1. The summed E-state index contributed by atoms with van der Waals surface area (Å²) in [4.78, 5) is 21.6. The molecule has 18 heavy (non-hydrogen) atoms. The molecule has 0 atom stereocenters. The highest BCUT2D eigenvalue weighted by Gasteiger charge is 2.23. The number of ether oxygens (including phenoxy) is 1. The topological polar surface area (TPSA) is 69.4 Å². The number of hydrogen-bond acceptors (Lipinski definition) is 4. The summed E-state index contributed by atoms with van der Waals surface area (Å²) < 4.78 is 4.83. The highest BCUT2D eigenvalue weighted by atomic mass is 16.6. The number of hydrogen-bond donors (Lipinski definition) is 0. The lowest BCUT2D eigenvalue weighted by Crippen LogP contribution is -2.15. The predicted molar refractivity (Wildman–Crippen MR) is 67.3 cm³/mol. The van der Waals surface area contributed by atoms with Crippen LogP contribution in [0, 0.1) is 10.1 Å². The molecule has 0 saturated carbocycles. The van der Waals surface area contributed by atoms with Crippen LogP contribution < -0.4 is 0 Å². The number of rotatable bonds is 6. The van der Waals surface area contributed by atoms with Crippen molar-refractivity contribution in [2.45, 2.75) is 19.8 Å². The van der Waals surface area contributed by atoms with Gasteiger partial charge < -0.3 is 4.74 Å². The summed E-state index contributed by atoms with van der Waals surface area (Å²) in [6.07, 6.45) is 2.78. The second kappa shape index (κ2) is 7.21. The maximum absolute atomic E-state index is 11.5. The first kappa shape index (κ1) is 13.9. The lowest BCUT2D eigenvalue weighted by Gasteiger charge is -2.01. The maximum Gasteiger partial charge on any atom is 0.409 e. The van der Waals surface area contributed by atoms with Crippen molar-refractivity contribution in [3.63, 3.8) is 0 Å². The maximum atomic E-state index is 11.5. The van der Waals surface area contributed by atoms with Crippen LogP contribution >= 0.6 is 0 Å². The summed E-state index contributed by atoms with van der Waals surface area (Å²) >= 11 is 0. The van der Waals surface area contributed by atoms with Crippen LogP contribution in [0.15, 0.2) is 36.0 Å². The molecule has 0 amide bonds. The fourth-order valence-electron chi connectivity index (χ4n) is 1.28. The van der Waals surface area contributed by atoms with E-state index in [9.17, 15) is 14.9 Å². The molecule has 0 aromatic heterocycles. The lowest BCUT2D eigenvalue weighted by atomic mass is 10.2. The zero-order chi connectivity index (χ0) is 13.4. The zero-order valence-corrected chi connectivity index (χ0v) is 10.2. The van der Waals surface area contributed by atoms with Crippen molar-refractivity contribution in [3.05, 3.63) is 51.7 Å². The van der Waals surface area contributed by atoms with Gasteiger partial charge in [0, 0.05) is 6.08 Å². The summed E-state index contributed by atoms with van der Waals surface area (Å²) in [7, 11) is 0. The van der Waals surface area contributed by atoms with Crippen molar-refractivity contribution in [1.82, 2.24) is 0 Å². The Balaban J connectivity index is 2.80. The molecule has 0 heterocycles. The van der Waals surface area contributed by atoms with E-state index in [1.807, 2.05) is 6.92 Å². The normalized spacial score (nSPS) is 11.1. The monoisotopic (exact) mass is 249 g/mol. The molecule has 0 aliphatic rings. The van der Waals surface area contributed by atoms with Gasteiger partial charge in [0.25, 0.3) is 0 Å². The van der Waals surface area contributed by atoms with Crippen LogP contribution in [0.5, 0.6) is 0 Å². The molecule has 1 aromatic carbocycles. The molecule has 5 nitrogen and oxygen atoms in total. The van der Waals surface area contributed by atoms with E-state index >= 15 is 0 Å². The first-order valence-electron chi connectivity index (χ1n) is 5.73. The third kappa shape index (κ3) is 4.37. The van der Waals surface area contributed by atoms with Gasteiger partial charge in [-0.25, -0.2) is 4.79 Å². The number of nitro groups is 1. The van der Waals surface area contributed by atoms with E-state index in [-0.39, 0.29) is 6.61 Å². The van der Waals surface area contributed by atoms with Gasteiger partial charge in [-0.05, 0) is 12.0 Å². The van der Waals surface area contributed by atoms with Gasteiger partial charge in [-0.3, -0.25) is 10.1 Å². The first-order chi connectivity index (χ1) is 8.65. The fourth-order valence-corrected chi connectivity index (χ4v) is 1.28. The number of carbonyl (C=O) groups excluding carboxylic acids is 1. The van der Waals surface area contributed by atoms with Crippen molar-refractivity contribution in [3.8, 4) is 0 Å². The number of nitrogens with zero attached hydrogens (tertiary/aromatic N) is 1. The van der Waals surface area contributed by atoms with Crippen LogP contribution in [0.4, 0.5) is 0 Å². The molecule has 0 aliphatic heterocycles. The van der Waals surface area contributed by atoms with Crippen molar-refractivity contribution in [2.24, 2.45) is 0 Å². The van der Waals surface area contributed by atoms with Gasteiger partial charge >= 0.3 is 11.7 Å². The highest BCUT2D eigenvalue weighted by Crippen LogP contribution is 2.09. The summed E-state index contributed by atoms with van der Waals surface area (Å²) in [6, 6.07) is 8.64. The van der Waals surface area contributed by atoms with Gasteiger partial charge in [-0.2, -0.15) is 0 Å². The van der Waals surface area contributed by atoms with E-state index < -0.39 is 16.6 Å². The van der Waals surface area contributed by atoms with Crippen molar-refractivity contribution >= 4 is 12.0 Å². The third-order valence-electron chi connectivity index (χ3n) is 2.24. The second-order valence-electron chi connectivity index (χ2n) is 3.69. The van der Waals surface area contributed by atoms with Crippen LogP contribution in [0.2, 0.25) is 0 Å². The number of esters is 1. The molecule has 0 unspecified atom stereocenters. The molecule has 0 aliphatic carbocycles. The quantitative estimate of drug-likeness (QED) is 0.255. The number of benzene rings is 1. The van der Waals surface area contributed by atoms with Crippen LogP contribution in [0.3, 0.4) is 0 Å². The minimum absolute atomic E-state index is 0.204. The summed E-state index contributed by atoms with van der Waals surface area (Å²) in [6.45, 7) is 2.15. The molecule has 0 N–H and O–H groups in total. The molecular formula is C13H15NO4. The number of unbranched alkanes of at least 4 members (excludes halogenated alkanes) is 1. The van der Waals surface area contributed by atoms with E-state index in [0.717, 1.165) is 6.42 Å². The van der Waals surface area contributed by atoms with Gasteiger partial charge in [0.2, 0.25) is 0 Å². The van der Waals surface area contributed by atoms with Crippen LogP contribution in [0.25, 0.3) is 6.08 Å². The van der Waals surface area contributed by atoms with E-state index in [2.05, 4.69) is 0 Å². The van der Waals surface area contributed by atoms with Crippen LogP contribution in [-0.4, -0.2) is 17.5 Å². The molecule has 0 saturated heterocycles. The lowest BCUT2D eigenvalue weighted by molar-refractivity contribution is -0.419. The molecule has 1 rings (SSSR count). The molecule has 0 bridgehead atoms. The Morgan fingerprint density at radius 2 is 2.06 bits per heavy atom. The summed E-state index contributed by atoms with van der Waals surface area (Å²) in [5, 5.41) is 10.8. The average molecular weight is 249 g/mol. The Morgan fingerprint density at radius 3 is 2.61 bits per heavy atom. The smallest absolute Gasteiger partial charge is 0.409 e. The van der Waals surface area contributed by atoms with Crippen molar-refractivity contribution in [1.29, 1.82) is 0 Å². The Morgan fingerprint density at radius 1 is 1.39 bits per heavy atom. The van der Waals surface area contributed by atoms with E-state index in [1.54, 1.807) is 30.3 Å². The molecule has 1 aromatic rings. The zero-order valence-electron chi connectivity index (χ0n) is 10.2. The Hall–Kier alpha value is -2.17. The van der Waals surface area contributed by atoms with Crippen molar-refractivity contribution in [2.75, 3.05) is 6.61 Å². The largest absolute Gasteiger partial charge is 0.458 e. The Kier molecular flexibility index (Phi) is 5.57. The minimum Gasteiger partial charge on any atom is -0.458 e. The fraction of sp³-hybridized carbons (Fsp3) is 0.308. The molecule has 96 valence electrons. The van der Waals surface area contributed by atoms with Gasteiger partial charge in [-0.15, -0.1) is 0 Å². The van der Waals surface area contributed by atoms with Gasteiger partial charge in [0.1, 0.15) is 0 Å². The second-order valence-corrected chi connectivity index (χ2v) is 3.69. The summed E-state index contributed by atoms with van der Waals surface area (Å²) in [5.41, 5.74) is 0.0499. The third-order valence-corrected chi connectivity index (χ3v) is 2.24. The van der Waals surface area contributed by atoms with E-state index in [4.69, 9.17) is 4.74 Å². The molecule has 0 fully saturated rings. The standard InChI is InChI=1S/C13H15NO4/c1-2-3-9-18-13(15)12(14(16)17)10-11-7-5-4-6-8-11/h4-8,10H,2-3,9H2,1H3. The van der Waals surface area contributed by atoms with Crippen molar-refractivity contribution < 1.29 is 14.5 Å². The molecular weight excluding hydrogens is 234 g/mol. The minimum atomic E-state index is -0.891. The van der Waals surface area contributed by atoms with Gasteiger partial charge in [0.05, 0.1) is 11.5 Å². The van der Waals surface area contributed by atoms with Crippen LogP contribution in [-0.2, 0) is 9.53 Å². The molecule has 0 spiro atoms.